The van der Waals surface area contributed by atoms with Gasteiger partial charge in [-0.1, -0.05) is 32.6 Å². The maximum Gasteiger partial charge on any atom is 0.326 e. The van der Waals surface area contributed by atoms with Crippen LogP contribution in [0.1, 0.15) is 51.9 Å². The molecule has 104 valence electrons. The number of aliphatic carboxylic acids is 1. The predicted molar refractivity (Wildman–Crippen MR) is 69.5 cm³/mol. The van der Waals surface area contributed by atoms with Gasteiger partial charge in [0.25, 0.3) is 0 Å². The molecule has 1 aliphatic rings. The first kappa shape index (κ1) is 14.8. The molecule has 0 saturated carbocycles. The summed E-state index contributed by atoms with van der Waals surface area (Å²) in [5.74, 6) is -0.888. The van der Waals surface area contributed by atoms with E-state index in [-0.39, 0.29) is 6.03 Å². The van der Waals surface area contributed by atoms with E-state index in [0.29, 0.717) is 19.5 Å². The fourth-order valence-electron chi connectivity index (χ4n) is 2.28. The Hall–Kier alpha value is -1.26. The van der Waals surface area contributed by atoms with Crippen LogP contribution >= 0.6 is 0 Å². The lowest BCUT2D eigenvalue weighted by atomic mass is 10.1. The summed E-state index contributed by atoms with van der Waals surface area (Å²) in [5, 5.41) is 12.0. The molecule has 1 fully saturated rings. The number of urea groups is 1. The van der Waals surface area contributed by atoms with Crippen molar-refractivity contribution in [2.24, 2.45) is 0 Å². The number of carbonyl (C=O) groups is 2. The zero-order chi connectivity index (χ0) is 13.4. The van der Waals surface area contributed by atoms with E-state index in [1.165, 1.54) is 4.90 Å². The van der Waals surface area contributed by atoms with E-state index in [9.17, 15) is 14.7 Å². The minimum atomic E-state index is -0.888. The van der Waals surface area contributed by atoms with Crippen molar-refractivity contribution in [2.45, 2.75) is 57.9 Å². The zero-order valence-corrected chi connectivity index (χ0v) is 11.2. The topological polar surface area (TPSA) is 69.6 Å². The Balaban J connectivity index is 2.48. The van der Waals surface area contributed by atoms with Crippen LogP contribution in [0.25, 0.3) is 0 Å². The second-order valence-corrected chi connectivity index (χ2v) is 4.84. The van der Waals surface area contributed by atoms with Gasteiger partial charge in [-0.25, -0.2) is 9.59 Å². The molecule has 0 aromatic carbocycles. The van der Waals surface area contributed by atoms with Gasteiger partial charge in [-0.3, -0.25) is 0 Å². The van der Waals surface area contributed by atoms with Gasteiger partial charge in [0.2, 0.25) is 0 Å². The molecule has 1 aliphatic heterocycles. The average molecular weight is 256 g/mol. The fourth-order valence-corrected chi connectivity index (χ4v) is 2.28. The molecule has 1 atom stereocenters. The second-order valence-electron chi connectivity index (χ2n) is 4.84. The molecule has 1 rings (SSSR count). The zero-order valence-electron chi connectivity index (χ0n) is 11.2. The van der Waals surface area contributed by atoms with Crippen LogP contribution in [0, 0.1) is 0 Å². The van der Waals surface area contributed by atoms with Gasteiger partial charge in [0.1, 0.15) is 6.04 Å². The molecule has 0 bridgehead atoms. The molecule has 5 nitrogen and oxygen atoms in total. The van der Waals surface area contributed by atoms with Crippen LogP contribution in [0.5, 0.6) is 0 Å². The summed E-state index contributed by atoms with van der Waals surface area (Å²) in [6, 6.07) is -0.876. The molecule has 0 aliphatic carbocycles. The summed E-state index contributed by atoms with van der Waals surface area (Å²) in [5.41, 5.74) is 0. The molecule has 0 aromatic heterocycles. The molecule has 1 unspecified atom stereocenters. The highest BCUT2D eigenvalue weighted by molar-refractivity contribution is 5.82. The first-order valence-corrected chi connectivity index (χ1v) is 6.94. The third kappa shape index (κ3) is 4.55. The van der Waals surface area contributed by atoms with Crippen molar-refractivity contribution >= 4 is 12.0 Å². The van der Waals surface area contributed by atoms with Crippen molar-refractivity contribution in [1.29, 1.82) is 0 Å². The molecule has 18 heavy (non-hydrogen) atoms. The molecule has 0 radical (unpaired) electrons. The fraction of sp³-hybridized carbons (Fsp3) is 0.846. The number of unbranched alkanes of at least 4 members (excludes halogenated alkanes) is 2. The Kier molecular flexibility index (Phi) is 6.54. The maximum atomic E-state index is 12.0. The van der Waals surface area contributed by atoms with Crippen LogP contribution in [-0.2, 0) is 4.79 Å². The molecule has 0 spiro atoms. The first-order valence-electron chi connectivity index (χ1n) is 6.94. The summed E-state index contributed by atoms with van der Waals surface area (Å²) < 4.78 is 0. The van der Waals surface area contributed by atoms with Gasteiger partial charge in [-0.2, -0.15) is 0 Å². The molecule has 1 heterocycles. The lowest BCUT2D eigenvalue weighted by Crippen LogP contribution is -2.49. The summed E-state index contributed by atoms with van der Waals surface area (Å²) in [6.45, 7) is 3.29. The van der Waals surface area contributed by atoms with Gasteiger partial charge in [-0.15, -0.1) is 0 Å². The van der Waals surface area contributed by atoms with E-state index in [2.05, 4.69) is 12.2 Å². The monoisotopic (exact) mass is 256 g/mol. The highest BCUT2D eigenvalue weighted by atomic mass is 16.4. The van der Waals surface area contributed by atoms with Crippen LogP contribution in [-0.4, -0.2) is 41.1 Å². The summed E-state index contributed by atoms with van der Waals surface area (Å²) in [7, 11) is 0. The van der Waals surface area contributed by atoms with Crippen LogP contribution in [0.2, 0.25) is 0 Å². The van der Waals surface area contributed by atoms with Crippen molar-refractivity contribution < 1.29 is 14.7 Å². The maximum absolute atomic E-state index is 12.0. The third-order valence-corrected chi connectivity index (χ3v) is 3.36. The first-order chi connectivity index (χ1) is 8.66. The highest BCUT2D eigenvalue weighted by Gasteiger charge is 2.30. The van der Waals surface area contributed by atoms with E-state index in [0.717, 1.165) is 38.5 Å². The molecule has 2 amide bonds. The number of carbonyl (C=O) groups excluding carboxylic acids is 1. The highest BCUT2D eigenvalue weighted by Crippen LogP contribution is 2.17. The molecule has 5 heteroatoms. The van der Waals surface area contributed by atoms with Crippen LogP contribution in [0.4, 0.5) is 4.79 Å². The molecule has 0 aromatic rings. The van der Waals surface area contributed by atoms with Gasteiger partial charge < -0.3 is 15.3 Å². The van der Waals surface area contributed by atoms with Gasteiger partial charge in [-0.05, 0) is 19.3 Å². The quantitative estimate of drug-likeness (QED) is 0.741. The number of amides is 2. The van der Waals surface area contributed by atoms with Crippen LogP contribution in [0.3, 0.4) is 0 Å². The Morgan fingerprint density at radius 2 is 2.06 bits per heavy atom. The standard InChI is InChI=1S/C13H24N2O3/c1-2-3-6-9-14-13(18)15-10-7-4-5-8-11(15)12(16)17/h11H,2-10H2,1H3,(H,14,18)(H,16,17). The lowest BCUT2D eigenvalue weighted by Gasteiger charge is -2.27. The summed E-state index contributed by atoms with van der Waals surface area (Å²) in [6.07, 6.45) is 6.50. The van der Waals surface area contributed by atoms with Crippen molar-refractivity contribution in [3.05, 3.63) is 0 Å². The molecule has 1 saturated heterocycles. The number of hydrogen-bond donors (Lipinski definition) is 2. The van der Waals surface area contributed by atoms with E-state index < -0.39 is 12.0 Å². The summed E-state index contributed by atoms with van der Waals surface area (Å²) >= 11 is 0. The smallest absolute Gasteiger partial charge is 0.326 e. The normalized spacial score (nSPS) is 20.3. The average Bonchev–Trinajstić information content (AvgIpc) is 2.59. The number of carboxylic acid groups (broad SMARTS) is 1. The van der Waals surface area contributed by atoms with Gasteiger partial charge in [0, 0.05) is 13.1 Å². The number of rotatable bonds is 5. The third-order valence-electron chi connectivity index (χ3n) is 3.36. The summed E-state index contributed by atoms with van der Waals surface area (Å²) in [4.78, 5) is 24.6. The largest absolute Gasteiger partial charge is 0.480 e. The number of carboxylic acids is 1. The molecular formula is C13H24N2O3. The van der Waals surface area contributed by atoms with Crippen molar-refractivity contribution in [3.63, 3.8) is 0 Å². The van der Waals surface area contributed by atoms with Crippen molar-refractivity contribution in [3.8, 4) is 0 Å². The van der Waals surface area contributed by atoms with Crippen molar-refractivity contribution in [1.82, 2.24) is 10.2 Å². The van der Waals surface area contributed by atoms with Gasteiger partial charge in [0.15, 0.2) is 0 Å². The van der Waals surface area contributed by atoms with Crippen LogP contribution in [0.15, 0.2) is 0 Å². The van der Waals surface area contributed by atoms with Crippen LogP contribution < -0.4 is 5.32 Å². The van der Waals surface area contributed by atoms with Gasteiger partial charge >= 0.3 is 12.0 Å². The minimum Gasteiger partial charge on any atom is -0.480 e. The van der Waals surface area contributed by atoms with E-state index in [1.54, 1.807) is 0 Å². The molecule has 2 N–H and O–H groups in total. The van der Waals surface area contributed by atoms with E-state index in [4.69, 9.17) is 0 Å². The molecular weight excluding hydrogens is 232 g/mol. The van der Waals surface area contributed by atoms with Crippen molar-refractivity contribution in [2.75, 3.05) is 13.1 Å². The Morgan fingerprint density at radius 1 is 1.28 bits per heavy atom. The Bertz CT molecular complexity index is 281. The van der Waals surface area contributed by atoms with E-state index >= 15 is 0 Å². The Morgan fingerprint density at radius 3 is 2.72 bits per heavy atom. The number of nitrogens with one attached hydrogen (secondary N) is 1. The van der Waals surface area contributed by atoms with Gasteiger partial charge in [0.05, 0.1) is 0 Å². The minimum absolute atomic E-state index is 0.222. The predicted octanol–water partition coefficient (Wildman–Crippen LogP) is 2.22. The lowest BCUT2D eigenvalue weighted by molar-refractivity contribution is -0.142. The SMILES string of the molecule is CCCCCNC(=O)N1CCCCCC1C(=O)O. The number of likely N-dealkylation sites (tertiary alicyclic amines) is 1. The second kappa shape index (κ2) is 7.95. The number of nitrogens with zero attached hydrogens (tertiary/aromatic N) is 1. The van der Waals surface area contributed by atoms with E-state index in [1.807, 2.05) is 0 Å². The number of hydrogen-bond acceptors (Lipinski definition) is 2. The Labute approximate surface area is 109 Å².